The molecule has 0 saturated carbocycles. The van der Waals surface area contributed by atoms with E-state index in [0.29, 0.717) is 28.6 Å². The molecule has 0 aliphatic rings. The average molecular weight is 429 g/mol. The Labute approximate surface area is 187 Å². The predicted octanol–water partition coefficient (Wildman–Crippen LogP) is 4.92. The lowest BCUT2D eigenvalue weighted by atomic mass is 10.0. The van der Waals surface area contributed by atoms with E-state index in [4.69, 9.17) is 18.9 Å². The number of rotatable bonds is 8. The highest BCUT2D eigenvalue weighted by molar-refractivity contribution is 5.90. The number of nitrogens with zero attached hydrogens (tertiary/aromatic N) is 1. The van der Waals surface area contributed by atoms with E-state index in [2.05, 4.69) is 6.07 Å². The zero-order valence-electron chi connectivity index (χ0n) is 18.1. The lowest BCUT2D eigenvalue weighted by Crippen LogP contribution is -2.12. The Balaban J connectivity index is 1.77. The third-order valence-electron chi connectivity index (χ3n) is 4.72. The first-order valence-electron chi connectivity index (χ1n) is 9.84. The van der Waals surface area contributed by atoms with E-state index < -0.39 is 5.97 Å². The second-order valence-corrected chi connectivity index (χ2v) is 6.79. The highest BCUT2D eigenvalue weighted by atomic mass is 16.6. The summed E-state index contributed by atoms with van der Waals surface area (Å²) in [7, 11) is 4.59. The van der Waals surface area contributed by atoms with Crippen LogP contribution in [0.1, 0.15) is 16.7 Å². The van der Waals surface area contributed by atoms with Gasteiger partial charge < -0.3 is 18.9 Å². The predicted molar refractivity (Wildman–Crippen MR) is 122 cm³/mol. The number of esters is 1. The number of nitriles is 1. The summed E-state index contributed by atoms with van der Waals surface area (Å²) in [4.78, 5) is 12.5. The standard InChI is InChI=1S/C26H23NO5/c1-29-22-11-9-19(15-24(22)30-2)16-26(28)32-23-12-10-18(14-25(23)31-3)13-21(17-27)20-7-5-4-6-8-20/h4-15H,16H2,1-3H3/b21-13-. The molecular formula is C26H23NO5. The summed E-state index contributed by atoms with van der Waals surface area (Å²) < 4.78 is 21.4. The molecule has 0 aliphatic carbocycles. The maximum absolute atomic E-state index is 12.5. The largest absolute Gasteiger partial charge is 0.493 e. The zero-order valence-corrected chi connectivity index (χ0v) is 18.1. The molecule has 0 amide bonds. The Hall–Kier alpha value is -4.24. The molecule has 0 heterocycles. The van der Waals surface area contributed by atoms with Crippen molar-refractivity contribution in [1.29, 1.82) is 5.26 Å². The van der Waals surface area contributed by atoms with Gasteiger partial charge in [0.1, 0.15) is 0 Å². The fourth-order valence-electron chi connectivity index (χ4n) is 3.14. The van der Waals surface area contributed by atoms with Crippen molar-refractivity contribution < 1.29 is 23.7 Å². The summed E-state index contributed by atoms with van der Waals surface area (Å²) in [5.74, 6) is 1.37. The van der Waals surface area contributed by atoms with Crippen molar-refractivity contribution in [1.82, 2.24) is 0 Å². The van der Waals surface area contributed by atoms with Gasteiger partial charge in [0, 0.05) is 0 Å². The summed E-state index contributed by atoms with van der Waals surface area (Å²) in [6.45, 7) is 0. The van der Waals surface area contributed by atoms with Crippen LogP contribution in [0.5, 0.6) is 23.0 Å². The van der Waals surface area contributed by atoms with Gasteiger partial charge in [0.2, 0.25) is 0 Å². The minimum Gasteiger partial charge on any atom is -0.493 e. The Morgan fingerprint density at radius 1 is 0.844 bits per heavy atom. The number of carbonyl (C=O) groups is 1. The molecule has 6 nitrogen and oxygen atoms in total. The number of ether oxygens (including phenoxy) is 4. The zero-order chi connectivity index (χ0) is 22.9. The van der Waals surface area contributed by atoms with Crippen LogP contribution in [0.3, 0.4) is 0 Å². The van der Waals surface area contributed by atoms with E-state index in [-0.39, 0.29) is 6.42 Å². The van der Waals surface area contributed by atoms with Crippen LogP contribution in [-0.2, 0) is 11.2 Å². The molecule has 3 aromatic carbocycles. The molecule has 0 fully saturated rings. The van der Waals surface area contributed by atoms with Gasteiger partial charge in [0.05, 0.1) is 39.4 Å². The minimum absolute atomic E-state index is 0.0533. The topological polar surface area (TPSA) is 77.8 Å². The molecule has 0 saturated heterocycles. The van der Waals surface area contributed by atoms with Crippen molar-refractivity contribution in [3.05, 3.63) is 83.4 Å². The quantitative estimate of drug-likeness (QED) is 0.219. The van der Waals surface area contributed by atoms with Crippen LogP contribution in [0.2, 0.25) is 0 Å². The SMILES string of the molecule is COc1ccc(CC(=O)Oc2ccc(/C=C(/C#N)c3ccccc3)cc2OC)cc1OC. The Bertz CT molecular complexity index is 1160. The van der Waals surface area contributed by atoms with Gasteiger partial charge in [-0.3, -0.25) is 4.79 Å². The van der Waals surface area contributed by atoms with Crippen LogP contribution in [-0.4, -0.2) is 27.3 Å². The summed E-state index contributed by atoms with van der Waals surface area (Å²) in [5, 5.41) is 9.52. The lowest BCUT2D eigenvalue weighted by Gasteiger charge is -2.12. The number of carbonyl (C=O) groups excluding carboxylic acids is 1. The molecule has 0 radical (unpaired) electrons. The fourth-order valence-corrected chi connectivity index (χ4v) is 3.14. The Kier molecular flexibility index (Phi) is 7.50. The van der Waals surface area contributed by atoms with Gasteiger partial charge in [0.15, 0.2) is 23.0 Å². The van der Waals surface area contributed by atoms with E-state index >= 15 is 0 Å². The molecule has 6 heteroatoms. The van der Waals surface area contributed by atoms with E-state index in [1.165, 1.54) is 14.2 Å². The smallest absolute Gasteiger partial charge is 0.315 e. The van der Waals surface area contributed by atoms with Gasteiger partial charge in [-0.15, -0.1) is 0 Å². The summed E-state index contributed by atoms with van der Waals surface area (Å²) in [6, 6.07) is 22.0. The number of methoxy groups -OCH3 is 3. The average Bonchev–Trinajstić information content (AvgIpc) is 2.83. The second-order valence-electron chi connectivity index (χ2n) is 6.79. The molecule has 0 N–H and O–H groups in total. The van der Waals surface area contributed by atoms with Gasteiger partial charge in [-0.1, -0.05) is 42.5 Å². The van der Waals surface area contributed by atoms with Crippen LogP contribution in [0.15, 0.2) is 66.7 Å². The second kappa shape index (κ2) is 10.7. The third-order valence-corrected chi connectivity index (χ3v) is 4.72. The summed E-state index contributed by atoms with van der Waals surface area (Å²) >= 11 is 0. The number of hydrogen-bond donors (Lipinski definition) is 0. The molecule has 0 unspecified atom stereocenters. The van der Waals surface area contributed by atoms with Gasteiger partial charge in [-0.25, -0.2) is 0 Å². The van der Waals surface area contributed by atoms with Crippen molar-refractivity contribution in [3.8, 4) is 29.1 Å². The molecule has 162 valence electrons. The molecule has 0 bridgehead atoms. The highest BCUT2D eigenvalue weighted by Gasteiger charge is 2.13. The Morgan fingerprint density at radius 3 is 2.16 bits per heavy atom. The normalized spacial score (nSPS) is 10.8. The van der Waals surface area contributed by atoms with Crippen molar-refractivity contribution >= 4 is 17.6 Å². The molecule has 0 aromatic heterocycles. The van der Waals surface area contributed by atoms with E-state index in [1.54, 1.807) is 49.6 Å². The molecule has 0 spiro atoms. The van der Waals surface area contributed by atoms with Gasteiger partial charge in [0.25, 0.3) is 0 Å². The van der Waals surface area contributed by atoms with Crippen LogP contribution < -0.4 is 18.9 Å². The van der Waals surface area contributed by atoms with Crippen LogP contribution in [0.25, 0.3) is 11.6 Å². The first-order valence-corrected chi connectivity index (χ1v) is 9.84. The lowest BCUT2D eigenvalue weighted by molar-refractivity contribution is -0.133. The molecular weight excluding hydrogens is 406 g/mol. The summed E-state index contributed by atoms with van der Waals surface area (Å²) in [5.41, 5.74) is 2.82. The fraction of sp³-hybridized carbons (Fsp3) is 0.154. The number of hydrogen-bond acceptors (Lipinski definition) is 6. The molecule has 32 heavy (non-hydrogen) atoms. The van der Waals surface area contributed by atoms with Crippen molar-refractivity contribution in [2.24, 2.45) is 0 Å². The number of allylic oxidation sites excluding steroid dienone is 1. The molecule has 3 rings (SSSR count). The van der Waals surface area contributed by atoms with Gasteiger partial charge in [-0.05, 0) is 47.0 Å². The van der Waals surface area contributed by atoms with Crippen molar-refractivity contribution in [2.75, 3.05) is 21.3 Å². The molecule has 0 atom stereocenters. The van der Waals surface area contributed by atoms with Gasteiger partial charge in [-0.2, -0.15) is 5.26 Å². The highest BCUT2D eigenvalue weighted by Crippen LogP contribution is 2.31. The first-order chi connectivity index (χ1) is 15.6. The maximum Gasteiger partial charge on any atom is 0.315 e. The first kappa shape index (κ1) is 22.4. The van der Waals surface area contributed by atoms with Gasteiger partial charge >= 0.3 is 5.97 Å². The maximum atomic E-state index is 12.5. The van der Waals surface area contributed by atoms with E-state index in [9.17, 15) is 10.1 Å². The van der Waals surface area contributed by atoms with Crippen molar-refractivity contribution in [2.45, 2.75) is 6.42 Å². The monoisotopic (exact) mass is 429 g/mol. The summed E-state index contributed by atoms with van der Waals surface area (Å²) in [6.07, 6.45) is 1.81. The molecule has 3 aromatic rings. The van der Waals surface area contributed by atoms with Crippen LogP contribution in [0.4, 0.5) is 0 Å². The van der Waals surface area contributed by atoms with Crippen LogP contribution in [0, 0.1) is 11.3 Å². The molecule has 0 aliphatic heterocycles. The van der Waals surface area contributed by atoms with Crippen LogP contribution >= 0.6 is 0 Å². The van der Waals surface area contributed by atoms with E-state index in [0.717, 1.165) is 16.7 Å². The third kappa shape index (κ3) is 5.46. The Morgan fingerprint density at radius 2 is 1.50 bits per heavy atom. The van der Waals surface area contributed by atoms with Crippen molar-refractivity contribution in [3.63, 3.8) is 0 Å². The minimum atomic E-state index is -0.444. The van der Waals surface area contributed by atoms with E-state index in [1.807, 2.05) is 30.3 Å². The number of benzene rings is 3.